The molecule has 0 N–H and O–H groups in total. The van der Waals surface area contributed by atoms with Gasteiger partial charge in [-0.05, 0) is 142 Å². The topological polar surface area (TPSA) is 46.5 Å². The maximum atomic E-state index is 11.7. The molecule has 0 saturated carbocycles. The van der Waals surface area contributed by atoms with Crippen molar-refractivity contribution < 1.29 is 0 Å². The molecule has 0 fully saturated rings. The first-order valence-electron chi connectivity index (χ1n) is 24.9. The van der Waals surface area contributed by atoms with Crippen LogP contribution in [0.5, 0.6) is 0 Å². The highest BCUT2D eigenvalue weighted by Crippen LogP contribution is 2.44. The van der Waals surface area contributed by atoms with Gasteiger partial charge in [0.25, 0.3) is 0 Å². The highest BCUT2D eigenvalue weighted by atomic mass is 15.0. The largest absolute Gasteiger partial charge is 0.309 e. The maximum absolute atomic E-state index is 11.7. The molecule has 346 valence electrons. The SMILES string of the molecule is Cc1cc(C)cc(-c2ccc3c4ccc(-c5cc(C)cc(C)c5)cc4n(-c4cc(-c5cccnc5)c(-n5c6cc(-c7cc(C)cc(C)c7)ccc6c6ccc(-c7cc(C)cc(C)c7)cc65)cc4C#N)c3c2)c1. The Hall–Kier alpha value is -8.78. The smallest absolute Gasteiger partial charge is 0.101 e. The third-order valence-electron chi connectivity index (χ3n) is 14.4. The summed E-state index contributed by atoms with van der Waals surface area (Å²) in [5, 5.41) is 16.2. The molecular weight excluding hydrogens is 873 g/mol. The van der Waals surface area contributed by atoms with Crippen molar-refractivity contribution in [3.8, 4) is 73.1 Å². The fourth-order valence-corrected chi connectivity index (χ4v) is 11.6. The molecule has 9 aromatic carbocycles. The summed E-state index contributed by atoms with van der Waals surface area (Å²) in [5.41, 5.74) is 27.4. The standard InChI is InChI=1S/C68H54N4/c1-40-20-41(2)25-53(24-40)48-11-15-58-59-16-12-49(54-26-42(3)21-43(4)27-54)33-65(59)71(64(58)32-48)63-37-62(52-10-9-19-70-39-52)68(36-57(63)38-69)72-66-34-50(55-28-44(5)22-45(6)29-55)13-17-60(66)61-18-14-51(35-67(61)72)56-30-46(7)23-47(8)31-56/h9-37,39H,1-8H3. The summed E-state index contributed by atoms with van der Waals surface area (Å²) < 4.78 is 4.74. The first-order valence-corrected chi connectivity index (χ1v) is 24.9. The molecule has 0 aliphatic rings. The number of hydrogen-bond acceptors (Lipinski definition) is 2. The Labute approximate surface area is 421 Å². The third kappa shape index (κ3) is 7.75. The lowest BCUT2D eigenvalue weighted by Gasteiger charge is -2.19. The number of pyridine rings is 1. The van der Waals surface area contributed by atoms with Crippen molar-refractivity contribution >= 4 is 43.6 Å². The minimum atomic E-state index is 0.566. The van der Waals surface area contributed by atoms with E-state index in [4.69, 9.17) is 4.98 Å². The molecule has 4 heteroatoms. The number of rotatable bonds is 7. The molecule has 0 unspecified atom stereocenters. The minimum absolute atomic E-state index is 0.566. The maximum Gasteiger partial charge on any atom is 0.101 e. The molecule has 0 radical (unpaired) electrons. The first-order chi connectivity index (χ1) is 34.8. The molecule has 0 atom stereocenters. The fourth-order valence-electron chi connectivity index (χ4n) is 11.6. The molecule has 0 aliphatic heterocycles. The fraction of sp³-hybridized carbons (Fsp3) is 0.118. The van der Waals surface area contributed by atoms with Gasteiger partial charge in [0.2, 0.25) is 0 Å². The number of fused-ring (bicyclic) bond motifs is 6. The van der Waals surface area contributed by atoms with Crippen LogP contribution in [-0.4, -0.2) is 14.1 Å². The van der Waals surface area contributed by atoms with Gasteiger partial charge in [-0.3, -0.25) is 4.98 Å². The molecule has 0 bridgehead atoms. The van der Waals surface area contributed by atoms with Gasteiger partial charge in [-0.2, -0.15) is 5.26 Å². The number of benzene rings is 9. The third-order valence-corrected chi connectivity index (χ3v) is 14.4. The van der Waals surface area contributed by atoms with Crippen LogP contribution in [0.4, 0.5) is 0 Å². The number of nitrogens with zero attached hydrogens (tertiary/aromatic N) is 4. The predicted molar refractivity (Wildman–Crippen MR) is 303 cm³/mol. The average Bonchev–Trinajstić information content (AvgIpc) is 3.86. The molecule has 0 amide bonds. The lowest BCUT2D eigenvalue weighted by molar-refractivity contribution is 1.13. The van der Waals surface area contributed by atoms with Crippen molar-refractivity contribution in [3.05, 3.63) is 232 Å². The molecule has 0 saturated heterocycles. The van der Waals surface area contributed by atoms with Crippen LogP contribution in [0.1, 0.15) is 50.1 Å². The summed E-state index contributed by atoms with van der Waals surface area (Å²) in [6.07, 6.45) is 3.78. The van der Waals surface area contributed by atoms with E-state index in [-0.39, 0.29) is 0 Å². The molecule has 12 rings (SSSR count). The molecule has 0 spiro atoms. The van der Waals surface area contributed by atoms with Crippen molar-refractivity contribution in [3.63, 3.8) is 0 Å². The Bertz CT molecular complexity index is 3950. The zero-order valence-corrected chi connectivity index (χ0v) is 42.1. The van der Waals surface area contributed by atoms with E-state index >= 15 is 0 Å². The van der Waals surface area contributed by atoms with Crippen LogP contribution < -0.4 is 0 Å². The van der Waals surface area contributed by atoms with E-state index in [2.05, 4.69) is 234 Å². The van der Waals surface area contributed by atoms with E-state index in [1.807, 2.05) is 18.5 Å². The number of aromatic nitrogens is 3. The van der Waals surface area contributed by atoms with Crippen LogP contribution in [-0.2, 0) is 0 Å². The van der Waals surface area contributed by atoms with Crippen LogP contribution in [0.15, 0.2) is 182 Å². The highest BCUT2D eigenvalue weighted by Gasteiger charge is 2.24. The van der Waals surface area contributed by atoms with Gasteiger partial charge in [-0.25, -0.2) is 0 Å². The van der Waals surface area contributed by atoms with E-state index in [1.54, 1.807) is 0 Å². The summed E-state index contributed by atoms with van der Waals surface area (Å²) >= 11 is 0. The Morgan fingerprint density at radius 2 is 0.667 bits per heavy atom. The molecule has 12 aromatic rings. The van der Waals surface area contributed by atoms with E-state index < -0.39 is 0 Å². The lowest BCUT2D eigenvalue weighted by atomic mass is 9.98. The number of aryl methyl sites for hydroxylation is 8. The van der Waals surface area contributed by atoms with Crippen LogP contribution in [0.25, 0.3) is 111 Å². The van der Waals surface area contributed by atoms with Gasteiger partial charge >= 0.3 is 0 Å². The summed E-state index contributed by atoms with van der Waals surface area (Å²) in [4.78, 5) is 4.72. The molecule has 4 nitrogen and oxygen atoms in total. The molecule has 72 heavy (non-hydrogen) atoms. The highest BCUT2D eigenvalue weighted by molar-refractivity contribution is 6.13. The van der Waals surface area contributed by atoms with Crippen LogP contribution >= 0.6 is 0 Å². The summed E-state index contributed by atoms with van der Waals surface area (Å²) in [6, 6.07) is 65.7. The van der Waals surface area contributed by atoms with Crippen molar-refractivity contribution in [2.45, 2.75) is 55.4 Å². The Balaban J connectivity index is 1.19. The lowest BCUT2D eigenvalue weighted by Crippen LogP contribution is -2.04. The summed E-state index contributed by atoms with van der Waals surface area (Å²) in [7, 11) is 0. The normalized spacial score (nSPS) is 11.6. The van der Waals surface area contributed by atoms with Crippen molar-refractivity contribution in [2.24, 2.45) is 0 Å². The van der Waals surface area contributed by atoms with E-state index in [0.29, 0.717) is 5.56 Å². The van der Waals surface area contributed by atoms with Crippen LogP contribution in [0.2, 0.25) is 0 Å². The van der Waals surface area contributed by atoms with Crippen LogP contribution in [0, 0.1) is 66.7 Å². The van der Waals surface area contributed by atoms with Crippen molar-refractivity contribution in [1.29, 1.82) is 5.26 Å². The van der Waals surface area contributed by atoms with Crippen molar-refractivity contribution in [2.75, 3.05) is 0 Å². The van der Waals surface area contributed by atoms with Gasteiger partial charge in [-0.1, -0.05) is 172 Å². The zero-order valence-electron chi connectivity index (χ0n) is 42.1. The first kappa shape index (κ1) is 44.4. The van der Waals surface area contributed by atoms with Crippen LogP contribution in [0.3, 0.4) is 0 Å². The zero-order chi connectivity index (χ0) is 49.5. The van der Waals surface area contributed by atoms with E-state index in [0.717, 1.165) is 88.4 Å². The van der Waals surface area contributed by atoms with Gasteiger partial charge in [0.1, 0.15) is 6.07 Å². The Kier molecular flexibility index (Phi) is 10.7. The summed E-state index contributed by atoms with van der Waals surface area (Å²) in [6.45, 7) is 17.3. The second-order valence-corrected chi connectivity index (χ2v) is 20.3. The second-order valence-electron chi connectivity index (χ2n) is 20.3. The Morgan fingerprint density at radius 1 is 0.333 bits per heavy atom. The monoisotopic (exact) mass is 926 g/mol. The molecule has 0 aliphatic carbocycles. The Morgan fingerprint density at radius 3 is 0.972 bits per heavy atom. The van der Waals surface area contributed by atoms with E-state index in [1.165, 1.54) is 66.8 Å². The van der Waals surface area contributed by atoms with Gasteiger partial charge in [0.15, 0.2) is 0 Å². The number of hydrogen-bond donors (Lipinski definition) is 0. The number of nitriles is 1. The van der Waals surface area contributed by atoms with Gasteiger partial charge in [0, 0.05) is 45.1 Å². The second kappa shape index (κ2) is 17.3. The predicted octanol–water partition coefficient (Wildman–Crippen LogP) is 17.9. The summed E-state index contributed by atoms with van der Waals surface area (Å²) in [5.74, 6) is 0. The van der Waals surface area contributed by atoms with E-state index in [9.17, 15) is 5.26 Å². The van der Waals surface area contributed by atoms with Crippen molar-refractivity contribution in [1.82, 2.24) is 14.1 Å². The average molecular weight is 927 g/mol. The minimum Gasteiger partial charge on any atom is -0.309 e. The van der Waals surface area contributed by atoms with Gasteiger partial charge < -0.3 is 9.13 Å². The van der Waals surface area contributed by atoms with Gasteiger partial charge in [-0.15, -0.1) is 0 Å². The quantitative estimate of drug-likeness (QED) is 0.160. The molecular formula is C68H54N4. The molecule has 3 aromatic heterocycles. The van der Waals surface area contributed by atoms with Gasteiger partial charge in [0.05, 0.1) is 39.0 Å². The molecule has 3 heterocycles.